The summed E-state index contributed by atoms with van der Waals surface area (Å²) in [6.45, 7) is 7.87. The van der Waals surface area contributed by atoms with Crippen molar-refractivity contribution in [2.75, 3.05) is 43.8 Å². The lowest BCUT2D eigenvalue weighted by Crippen LogP contribution is -2.39. The van der Waals surface area contributed by atoms with Crippen molar-refractivity contribution >= 4 is 69.6 Å². The molecule has 56 heavy (non-hydrogen) atoms. The van der Waals surface area contributed by atoms with Gasteiger partial charge < -0.3 is 39.8 Å². The summed E-state index contributed by atoms with van der Waals surface area (Å²) in [4.78, 5) is 69.1. The molecule has 3 aromatic carbocycles. The molecular weight excluding hydrogens is 757 g/mol. The van der Waals surface area contributed by atoms with Crippen molar-refractivity contribution in [1.29, 1.82) is 0 Å². The number of thiophene rings is 1. The van der Waals surface area contributed by atoms with Gasteiger partial charge in [0, 0.05) is 39.2 Å². The normalized spacial score (nSPS) is 12.5. The van der Waals surface area contributed by atoms with Gasteiger partial charge in [-0.1, -0.05) is 24.3 Å². The number of amides is 4. The van der Waals surface area contributed by atoms with Gasteiger partial charge in [0.1, 0.15) is 27.8 Å². The molecule has 1 aromatic heterocycles. The van der Waals surface area contributed by atoms with E-state index in [9.17, 15) is 24.0 Å². The molecule has 1 aliphatic rings. The van der Waals surface area contributed by atoms with Crippen molar-refractivity contribution in [3.8, 4) is 11.5 Å². The molecular formula is C41H44N4O9S2. The van der Waals surface area contributed by atoms with Gasteiger partial charge in [0.25, 0.3) is 11.8 Å². The van der Waals surface area contributed by atoms with Gasteiger partial charge in [-0.05, 0) is 88.2 Å². The zero-order valence-corrected chi connectivity index (χ0v) is 33.6. The molecule has 15 heteroatoms. The Morgan fingerprint density at radius 1 is 0.929 bits per heavy atom. The Kier molecular flexibility index (Phi) is 13.8. The maximum atomic E-state index is 13.7. The van der Waals surface area contributed by atoms with E-state index >= 15 is 0 Å². The van der Waals surface area contributed by atoms with Crippen LogP contribution in [0.3, 0.4) is 0 Å². The fourth-order valence-corrected chi connectivity index (χ4v) is 7.62. The van der Waals surface area contributed by atoms with Gasteiger partial charge in [-0.15, -0.1) is 23.1 Å². The molecule has 0 unspecified atom stereocenters. The molecule has 0 fully saturated rings. The number of anilines is 2. The standard InChI is InChI=1S/C41H44N4O9S2/c1-7-53-39(49)35-30-18-19-45(40(50)54-41(2,3)4)23-33(30)56-38(35)44-34(46)24-55-29-15-11-14-27(21-29)42-37(48)31(43-36(47)25-12-9-8-10-13-25)20-26-16-17-28(51-5)22-32(26)52-6/h8-17,20-22H,7,18-19,23-24H2,1-6H3,(H,42,48)(H,43,47)(H,44,46)/b31-20+. The molecule has 0 saturated heterocycles. The van der Waals surface area contributed by atoms with Gasteiger partial charge >= 0.3 is 12.1 Å². The summed E-state index contributed by atoms with van der Waals surface area (Å²) in [5.74, 6) is -0.997. The molecule has 3 N–H and O–H groups in total. The number of nitrogens with zero attached hydrogens (tertiary/aromatic N) is 1. The molecule has 1 aliphatic heterocycles. The van der Waals surface area contributed by atoms with Crippen molar-refractivity contribution in [3.63, 3.8) is 0 Å². The van der Waals surface area contributed by atoms with Crippen LogP contribution in [0.15, 0.2) is 83.4 Å². The van der Waals surface area contributed by atoms with Crippen molar-refractivity contribution in [1.82, 2.24) is 10.2 Å². The average Bonchev–Trinajstić information content (AvgIpc) is 3.53. The number of methoxy groups -OCH3 is 2. The van der Waals surface area contributed by atoms with Crippen molar-refractivity contribution in [2.45, 2.75) is 51.2 Å². The first-order valence-corrected chi connectivity index (χ1v) is 19.5. The van der Waals surface area contributed by atoms with Crippen LogP contribution in [0.25, 0.3) is 6.08 Å². The first-order valence-electron chi connectivity index (χ1n) is 17.7. The fraction of sp³-hybridized carbons (Fsp3) is 0.293. The summed E-state index contributed by atoms with van der Waals surface area (Å²) in [5.41, 5.74) is 1.67. The van der Waals surface area contributed by atoms with E-state index in [0.29, 0.717) is 56.7 Å². The molecule has 294 valence electrons. The zero-order valence-electron chi connectivity index (χ0n) is 32.0. The summed E-state index contributed by atoms with van der Waals surface area (Å²) in [6, 6.07) is 20.5. The maximum absolute atomic E-state index is 13.7. The molecule has 0 radical (unpaired) electrons. The summed E-state index contributed by atoms with van der Waals surface area (Å²) in [6.07, 6.45) is 1.47. The van der Waals surface area contributed by atoms with Gasteiger partial charge in [-0.2, -0.15) is 0 Å². The average molecular weight is 801 g/mol. The molecule has 0 saturated carbocycles. The highest BCUT2D eigenvalue weighted by Gasteiger charge is 2.33. The van der Waals surface area contributed by atoms with E-state index in [1.165, 1.54) is 43.4 Å². The molecule has 13 nitrogen and oxygen atoms in total. The smallest absolute Gasteiger partial charge is 0.410 e. The summed E-state index contributed by atoms with van der Waals surface area (Å²) in [7, 11) is 3.02. The quantitative estimate of drug-likeness (QED) is 0.0707. The lowest BCUT2D eigenvalue weighted by molar-refractivity contribution is -0.114. The van der Waals surface area contributed by atoms with Gasteiger partial charge in [-0.3, -0.25) is 14.4 Å². The highest BCUT2D eigenvalue weighted by molar-refractivity contribution is 8.00. The SMILES string of the molecule is CCOC(=O)c1c(NC(=O)CSc2cccc(NC(=O)/C(=C\c3ccc(OC)cc3OC)NC(=O)c3ccccc3)c2)sc2c1CCN(C(=O)OC(C)(C)C)C2. The summed E-state index contributed by atoms with van der Waals surface area (Å²) < 4.78 is 21.7. The largest absolute Gasteiger partial charge is 0.497 e. The molecule has 0 bridgehead atoms. The monoisotopic (exact) mass is 800 g/mol. The van der Waals surface area contributed by atoms with E-state index in [0.717, 1.165) is 10.4 Å². The van der Waals surface area contributed by atoms with Crippen LogP contribution in [0, 0.1) is 0 Å². The Balaban J connectivity index is 1.29. The van der Waals surface area contributed by atoms with Crippen LogP contribution in [0.4, 0.5) is 15.5 Å². The third kappa shape index (κ3) is 10.9. The number of hydrogen-bond donors (Lipinski definition) is 3. The number of nitrogens with one attached hydrogen (secondary N) is 3. The number of hydrogen-bond acceptors (Lipinski definition) is 11. The number of fused-ring (bicyclic) bond motifs is 1. The first-order chi connectivity index (χ1) is 26.8. The van der Waals surface area contributed by atoms with Crippen LogP contribution in [-0.2, 0) is 32.0 Å². The second-order valence-electron chi connectivity index (χ2n) is 13.4. The fourth-order valence-electron chi connectivity index (χ4n) is 5.60. The highest BCUT2D eigenvalue weighted by atomic mass is 32.2. The number of ether oxygens (including phenoxy) is 4. The minimum Gasteiger partial charge on any atom is -0.497 e. The topological polar surface area (TPSA) is 162 Å². The van der Waals surface area contributed by atoms with E-state index in [1.54, 1.807) is 105 Å². The molecule has 2 heterocycles. The zero-order chi connectivity index (χ0) is 40.4. The second kappa shape index (κ2) is 18.7. The number of rotatable bonds is 13. The van der Waals surface area contributed by atoms with Crippen LogP contribution in [-0.4, -0.2) is 73.4 Å². The van der Waals surface area contributed by atoms with Crippen molar-refractivity contribution in [3.05, 3.63) is 106 Å². The Morgan fingerprint density at radius 3 is 2.39 bits per heavy atom. The van der Waals surface area contributed by atoms with Crippen LogP contribution in [0.1, 0.15) is 64.4 Å². The van der Waals surface area contributed by atoms with E-state index in [-0.39, 0.29) is 30.5 Å². The highest BCUT2D eigenvalue weighted by Crippen LogP contribution is 2.38. The van der Waals surface area contributed by atoms with Gasteiger partial charge in [-0.25, -0.2) is 9.59 Å². The Morgan fingerprint density at radius 2 is 1.70 bits per heavy atom. The minimum absolute atomic E-state index is 0.0121. The summed E-state index contributed by atoms with van der Waals surface area (Å²) in [5, 5.41) is 8.80. The molecule has 0 spiro atoms. The van der Waals surface area contributed by atoms with Gasteiger partial charge in [0.2, 0.25) is 5.91 Å². The third-order valence-electron chi connectivity index (χ3n) is 8.17. The predicted octanol–water partition coefficient (Wildman–Crippen LogP) is 7.38. The van der Waals surface area contributed by atoms with Crippen LogP contribution >= 0.6 is 23.1 Å². The van der Waals surface area contributed by atoms with Crippen molar-refractivity contribution in [2.24, 2.45) is 0 Å². The number of benzene rings is 3. The van der Waals surface area contributed by atoms with Crippen molar-refractivity contribution < 1.29 is 42.9 Å². The van der Waals surface area contributed by atoms with Gasteiger partial charge in [0.15, 0.2) is 0 Å². The van der Waals surface area contributed by atoms with E-state index in [2.05, 4.69) is 16.0 Å². The van der Waals surface area contributed by atoms with E-state index in [1.807, 2.05) is 0 Å². The Labute approximate surface area is 333 Å². The lowest BCUT2D eigenvalue weighted by atomic mass is 10.0. The number of carbonyl (C=O) groups excluding carboxylic acids is 5. The molecule has 0 atom stereocenters. The summed E-state index contributed by atoms with van der Waals surface area (Å²) >= 11 is 2.46. The second-order valence-corrected chi connectivity index (χ2v) is 15.5. The minimum atomic E-state index is -0.655. The molecule has 4 amide bonds. The number of carbonyl (C=O) groups is 5. The molecule has 5 rings (SSSR count). The predicted molar refractivity (Wildman–Crippen MR) is 216 cm³/mol. The van der Waals surface area contributed by atoms with E-state index in [4.69, 9.17) is 18.9 Å². The first kappa shape index (κ1) is 41.4. The Bertz CT molecular complexity index is 2130. The maximum Gasteiger partial charge on any atom is 0.410 e. The van der Waals surface area contributed by atoms with Crippen LogP contribution in [0.2, 0.25) is 0 Å². The Hall–Kier alpha value is -5.80. The van der Waals surface area contributed by atoms with Gasteiger partial charge in [0.05, 0.1) is 38.7 Å². The lowest BCUT2D eigenvalue weighted by Gasteiger charge is -2.30. The number of thioether (sulfide) groups is 1. The van der Waals surface area contributed by atoms with Crippen LogP contribution < -0.4 is 25.4 Å². The van der Waals surface area contributed by atoms with E-state index < -0.39 is 29.5 Å². The molecule has 4 aromatic rings. The molecule has 0 aliphatic carbocycles. The van der Waals surface area contributed by atoms with Crippen LogP contribution in [0.5, 0.6) is 11.5 Å². The third-order valence-corrected chi connectivity index (χ3v) is 10.3. The number of esters is 1.